The van der Waals surface area contributed by atoms with Crippen molar-refractivity contribution < 1.29 is 0 Å². The van der Waals surface area contributed by atoms with Gasteiger partial charge in [-0.1, -0.05) is 34.6 Å². The summed E-state index contributed by atoms with van der Waals surface area (Å²) in [5, 5.41) is 3.47. The summed E-state index contributed by atoms with van der Waals surface area (Å²) in [4.78, 5) is 2.69. The zero-order valence-corrected chi connectivity index (χ0v) is 13.3. The van der Waals surface area contributed by atoms with E-state index < -0.39 is 0 Å². The highest BCUT2D eigenvalue weighted by atomic mass is 15.1. The molecule has 2 saturated heterocycles. The van der Waals surface area contributed by atoms with Crippen LogP contribution in [0.5, 0.6) is 0 Å². The van der Waals surface area contributed by atoms with Crippen LogP contribution < -0.4 is 5.32 Å². The molecule has 0 aromatic heterocycles. The van der Waals surface area contributed by atoms with Gasteiger partial charge in [0.1, 0.15) is 0 Å². The second kappa shape index (κ2) is 7.49. The number of hydrogen-bond acceptors (Lipinski definition) is 2. The largest absolute Gasteiger partial charge is 0.316 e. The monoisotopic (exact) mass is 254 g/mol. The number of hydrogen-bond donors (Lipinski definition) is 1. The summed E-state index contributed by atoms with van der Waals surface area (Å²) in [5.74, 6) is 1.86. The van der Waals surface area contributed by atoms with E-state index in [9.17, 15) is 0 Å². The number of nitrogens with zero attached hydrogens (tertiary/aromatic N) is 1. The molecule has 2 heteroatoms. The van der Waals surface area contributed by atoms with Crippen LogP contribution in [0.3, 0.4) is 0 Å². The number of likely N-dealkylation sites (tertiary alicyclic amines) is 1. The highest BCUT2D eigenvalue weighted by Gasteiger charge is 2.29. The predicted octanol–water partition coefficient (Wildman–Crippen LogP) is 3.38. The molecule has 0 saturated carbocycles. The van der Waals surface area contributed by atoms with Crippen molar-refractivity contribution in [1.82, 2.24) is 10.2 Å². The molecule has 2 aliphatic rings. The molecule has 1 atom stereocenters. The molecule has 0 spiro atoms. The van der Waals surface area contributed by atoms with Crippen molar-refractivity contribution in [3.8, 4) is 0 Å². The van der Waals surface area contributed by atoms with Crippen LogP contribution in [0.4, 0.5) is 0 Å². The molecular weight excluding hydrogens is 220 g/mol. The van der Waals surface area contributed by atoms with Gasteiger partial charge in [0.05, 0.1) is 0 Å². The molecule has 0 aromatic carbocycles. The van der Waals surface area contributed by atoms with Gasteiger partial charge in [0, 0.05) is 6.54 Å². The van der Waals surface area contributed by atoms with Gasteiger partial charge in [-0.25, -0.2) is 0 Å². The summed E-state index contributed by atoms with van der Waals surface area (Å²) in [6.07, 6.45) is 4.20. The fourth-order valence-corrected chi connectivity index (χ4v) is 3.22. The van der Waals surface area contributed by atoms with Crippen LogP contribution in [0, 0.1) is 17.3 Å². The first-order chi connectivity index (χ1) is 8.55. The minimum Gasteiger partial charge on any atom is -0.316 e. The van der Waals surface area contributed by atoms with Gasteiger partial charge < -0.3 is 10.2 Å². The van der Waals surface area contributed by atoms with E-state index >= 15 is 0 Å². The van der Waals surface area contributed by atoms with Crippen molar-refractivity contribution in [1.29, 1.82) is 0 Å². The van der Waals surface area contributed by atoms with E-state index in [1.54, 1.807) is 0 Å². The van der Waals surface area contributed by atoms with E-state index in [0.29, 0.717) is 5.41 Å². The summed E-state index contributed by atoms with van der Waals surface area (Å²) in [7, 11) is 0. The third kappa shape index (κ3) is 4.89. The third-order valence-corrected chi connectivity index (χ3v) is 4.49. The topological polar surface area (TPSA) is 15.3 Å². The Labute approximate surface area is 115 Å². The van der Waals surface area contributed by atoms with Crippen molar-refractivity contribution >= 4 is 0 Å². The Morgan fingerprint density at radius 3 is 2.11 bits per heavy atom. The minimum atomic E-state index is 0.515. The molecule has 0 unspecified atom stereocenters. The lowest BCUT2D eigenvalue weighted by atomic mass is 9.75. The molecule has 0 bridgehead atoms. The quantitative estimate of drug-likeness (QED) is 0.812. The molecule has 0 aromatic rings. The molecule has 2 fully saturated rings. The van der Waals surface area contributed by atoms with Crippen molar-refractivity contribution in [2.24, 2.45) is 17.3 Å². The summed E-state index contributed by atoms with van der Waals surface area (Å²) in [5.41, 5.74) is 0.515. The molecule has 2 nitrogen and oxygen atoms in total. The van der Waals surface area contributed by atoms with E-state index in [-0.39, 0.29) is 0 Å². The number of nitrogens with one attached hydrogen (secondary N) is 1. The average molecular weight is 254 g/mol. The van der Waals surface area contributed by atoms with E-state index in [4.69, 9.17) is 0 Å². The third-order valence-electron chi connectivity index (χ3n) is 4.49. The first-order valence-corrected chi connectivity index (χ1v) is 7.99. The molecule has 108 valence electrons. The fraction of sp³-hybridized carbons (Fsp3) is 1.00. The maximum absolute atomic E-state index is 3.47. The van der Waals surface area contributed by atoms with Crippen molar-refractivity contribution in [3.63, 3.8) is 0 Å². The van der Waals surface area contributed by atoms with Crippen LogP contribution in [0.1, 0.15) is 53.9 Å². The predicted molar refractivity (Wildman–Crippen MR) is 80.9 cm³/mol. The van der Waals surface area contributed by atoms with E-state index in [2.05, 4.69) is 31.0 Å². The van der Waals surface area contributed by atoms with E-state index in [0.717, 1.165) is 11.8 Å². The standard InChI is InChI=1S/C14H28N2.C2H6/c1-14(2,3)13-5-8-16(9-6-13)11-12-4-7-15-10-12;1-2/h12-13,15H,4-11H2,1-3H3;1-2H3/t12-;/m1./s1. The zero-order chi connectivity index (χ0) is 13.6. The van der Waals surface area contributed by atoms with Gasteiger partial charge in [0.15, 0.2) is 0 Å². The summed E-state index contributed by atoms with van der Waals surface area (Å²) >= 11 is 0. The minimum absolute atomic E-state index is 0.515. The maximum Gasteiger partial charge on any atom is 0.00223 e. The van der Waals surface area contributed by atoms with Crippen molar-refractivity contribution in [3.05, 3.63) is 0 Å². The van der Waals surface area contributed by atoms with Gasteiger partial charge in [0.2, 0.25) is 0 Å². The number of rotatable bonds is 2. The normalized spacial score (nSPS) is 26.8. The van der Waals surface area contributed by atoms with Gasteiger partial charge in [-0.05, 0) is 62.7 Å². The fourth-order valence-electron chi connectivity index (χ4n) is 3.22. The lowest BCUT2D eigenvalue weighted by Crippen LogP contribution is -2.40. The Bertz CT molecular complexity index is 206. The molecule has 18 heavy (non-hydrogen) atoms. The highest BCUT2D eigenvalue weighted by Crippen LogP contribution is 2.34. The Kier molecular flexibility index (Phi) is 6.65. The van der Waals surface area contributed by atoms with Crippen LogP contribution in [-0.2, 0) is 0 Å². The molecule has 0 aliphatic carbocycles. The summed E-state index contributed by atoms with van der Waals surface area (Å²) in [6.45, 7) is 17.7. The average Bonchev–Trinajstić information content (AvgIpc) is 2.84. The van der Waals surface area contributed by atoms with Crippen molar-refractivity contribution in [2.45, 2.75) is 53.9 Å². The van der Waals surface area contributed by atoms with E-state index in [1.165, 1.54) is 52.0 Å². The highest BCUT2D eigenvalue weighted by molar-refractivity contribution is 4.82. The van der Waals surface area contributed by atoms with Gasteiger partial charge >= 0.3 is 0 Å². The lowest BCUT2D eigenvalue weighted by molar-refractivity contribution is 0.103. The molecular formula is C16H34N2. The second-order valence-electron chi connectivity index (χ2n) is 6.80. The smallest absolute Gasteiger partial charge is 0.00223 e. The molecule has 2 heterocycles. The SMILES string of the molecule is CC.CC(C)(C)C1CCN(C[C@@H]2CCNC2)CC1. The van der Waals surface area contributed by atoms with Gasteiger partial charge in [-0.15, -0.1) is 0 Å². The van der Waals surface area contributed by atoms with Crippen LogP contribution in [0.2, 0.25) is 0 Å². The molecule has 0 radical (unpaired) electrons. The first-order valence-electron chi connectivity index (χ1n) is 7.99. The van der Waals surface area contributed by atoms with Gasteiger partial charge in [-0.3, -0.25) is 0 Å². The number of piperidine rings is 1. The first kappa shape index (κ1) is 16.0. The summed E-state index contributed by atoms with van der Waals surface area (Å²) in [6, 6.07) is 0. The van der Waals surface area contributed by atoms with Crippen LogP contribution in [-0.4, -0.2) is 37.6 Å². The molecule has 2 rings (SSSR count). The Morgan fingerprint density at radius 2 is 1.67 bits per heavy atom. The van der Waals surface area contributed by atoms with Gasteiger partial charge in [0.25, 0.3) is 0 Å². The van der Waals surface area contributed by atoms with Crippen LogP contribution >= 0.6 is 0 Å². The lowest BCUT2D eigenvalue weighted by Gasteiger charge is -2.39. The molecule has 0 amide bonds. The van der Waals surface area contributed by atoms with Crippen molar-refractivity contribution in [2.75, 3.05) is 32.7 Å². The van der Waals surface area contributed by atoms with Gasteiger partial charge in [-0.2, -0.15) is 0 Å². The van der Waals surface area contributed by atoms with Crippen LogP contribution in [0.25, 0.3) is 0 Å². The molecule has 2 aliphatic heterocycles. The van der Waals surface area contributed by atoms with E-state index in [1.807, 2.05) is 13.8 Å². The van der Waals surface area contributed by atoms with Crippen LogP contribution in [0.15, 0.2) is 0 Å². The molecule has 1 N–H and O–H groups in total. The Balaban J connectivity index is 0.000000771. The Hall–Kier alpha value is -0.0800. The maximum atomic E-state index is 3.47. The zero-order valence-electron chi connectivity index (χ0n) is 13.3. The Morgan fingerprint density at radius 1 is 1.06 bits per heavy atom. The summed E-state index contributed by atoms with van der Waals surface area (Å²) < 4.78 is 0. The second-order valence-corrected chi connectivity index (χ2v) is 6.80.